The van der Waals surface area contributed by atoms with E-state index in [1.807, 2.05) is 12.1 Å². The van der Waals surface area contributed by atoms with E-state index in [-0.39, 0.29) is 42.9 Å². The van der Waals surface area contributed by atoms with E-state index >= 15 is 0 Å². The van der Waals surface area contributed by atoms with Gasteiger partial charge in [-0.1, -0.05) is 39.8 Å². The van der Waals surface area contributed by atoms with E-state index in [2.05, 4.69) is 55.9 Å². The molecule has 1 aromatic carbocycles. The Morgan fingerprint density at radius 1 is 1.22 bits per heavy atom. The van der Waals surface area contributed by atoms with Crippen molar-refractivity contribution in [1.29, 1.82) is 0 Å². The van der Waals surface area contributed by atoms with Gasteiger partial charge in [-0.15, -0.1) is 0 Å². The number of ketones is 1. The summed E-state index contributed by atoms with van der Waals surface area (Å²) in [5, 5.41) is 2.77. The first-order valence-corrected chi connectivity index (χ1v) is 12.7. The van der Waals surface area contributed by atoms with Gasteiger partial charge in [0.1, 0.15) is 0 Å². The number of Topliss-reactive ketones (excluding diaryl/α,β-unsaturated/α-hetero) is 1. The van der Waals surface area contributed by atoms with Crippen LogP contribution < -0.4 is 5.32 Å². The number of halogens is 1. The largest absolute Gasteiger partial charge is 0.461 e. The van der Waals surface area contributed by atoms with Crippen molar-refractivity contribution in [3.05, 3.63) is 34.3 Å². The minimum Gasteiger partial charge on any atom is -0.405 e. The van der Waals surface area contributed by atoms with E-state index in [4.69, 9.17) is 9.31 Å². The molecule has 1 aliphatic heterocycles. The number of benzene rings is 1. The number of rotatable bonds is 8. The SMILES string of the molecule is CC(C)C[C@H](CC(=O)CNC(=O)c1ccccc1Br)B1O[C@@H]2C[C@@H]3C[C@@H](C3(C)C)[C@]2(C)O1. The van der Waals surface area contributed by atoms with Crippen molar-refractivity contribution in [3.8, 4) is 0 Å². The molecule has 0 aromatic heterocycles. The van der Waals surface area contributed by atoms with E-state index in [0.29, 0.717) is 39.6 Å². The van der Waals surface area contributed by atoms with Gasteiger partial charge in [0.25, 0.3) is 5.91 Å². The molecule has 4 aliphatic rings. The predicted molar refractivity (Wildman–Crippen MR) is 129 cm³/mol. The predicted octanol–water partition coefficient (Wildman–Crippen LogP) is 5.28. The average molecular weight is 504 g/mol. The van der Waals surface area contributed by atoms with Gasteiger partial charge >= 0.3 is 7.12 Å². The first kappa shape index (κ1) is 24.0. The van der Waals surface area contributed by atoms with Crippen molar-refractivity contribution in [3.63, 3.8) is 0 Å². The molecule has 5 rings (SSSR count). The average Bonchev–Trinajstić information content (AvgIpc) is 3.08. The fourth-order valence-corrected chi connectivity index (χ4v) is 6.75. The van der Waals surface area contributed by atoms with Crippen LogP contribution in [0.4, 0.5) is 0 Å². The van der Waals surface area contributed by atoms with Crippen molar-refractivity contribution in [1.82, 2.24) is 5.32 Å². The van der Waals surface area contributed by atoms with Crippen LogP contribution in [-0.4, -0.2) is 37.1 Å². The molecular weight excluding hydrogens is 469 g/mol. The van der Waals surface area contributed by atoms with Crippen LogP contribution in [0.3, 0.4) is 0 Å². The summed E-state index contributed by atoms with van der Waals surface area (Å²) in [6.07, 6.45) is 3.57. The van der Waals surface area contributed by atoms with Gasteiger partial charge in [0.15, 0.2) is 5.78 Å². The standard InChI is InChI=1S/C25H35BBrNO4/c1-15(2)10-17(13-18(29)14-28-23(30)19-8-6-7-9-20(19)27)26-31-22-12-16-11-21(24(16,3)4)25(22,5)32-26/h6-9,15-17,21-22H,10-14H2,1-5H3,(H,28,30)/t16-,17+,21-,22+,25-/m0/s1. The summed E-state index contributed by atoms with van der Waals surface area (Å²) >= 11 is 3.39. The van der Waals surface area contributed by atoms with Crippen LogP contribution in [0.1, 0.15) is 70.7 Å². The van der Waals surface area contributed by atoms with Gasteiger partial charge < -0.3 is 14.6 Å². The highest BCUT2D eigenvalue weighted by molar-refractivity contribution is 9.10. The molecule has 0 unspecified atom stereocenters. The fraction of sp³-hybridized carbons (Fsp3) is 0.680. The maximum atomic E-state index is 12.8. The zero-order chi connectivity index (χ0) is 23.3. The molecule has 3 saturated carbocycles. The Bertz CT molecular complexity index is 890. The summed E-state index contributed by atoms with van der Waals surface area (Å²) in [6.45, 7) is 11.3. The maximum Gasteiger partial charge on any atom is 0.461 e. The number of carbonyl (C=O) groups is 2. The topological polar surface area (TPSA) is 64.6 Å². The summed E-state index contributed by atoms with van der Waals surface area (Å²) < 4.78 is 13.8. The van der Waals surface area contributed by atoms with Gasteiger partial charge in [-0.25, -0.2) is 0 Å². The number of nitrogens with one attached hydrogen (secondary N) is 1. The number of carbonyl (C=O) groups excluding carboxylic acids is 2. The van der Waals surface area contributed by atoms with Gasteiger partial charge in [0, 0.05) is 16.7 Å². The molecule has 1 aromatic rings. The summed E-state index contributed by atoms with van der Waals surface area (Å²) in [7, 11) is -0.356. The molecule has 2 bridgehead atoms. The summed E-state index contributed by atoms with van der Waals surface area (Å²) in [5.74, 6) is 1.38. The summed E-state index contributed by atoms with van der Waals surface area (Å²) in [6, 6.07) is 7.21. The van der Waals surface area contributed by atoms with Gasteiger partial charge in [-0.05, 0) is 77.4 Å². The van der Waals surface area contributed by atoms with Gasteiger partial charge in [-0.3, -0.25) is 9.59 Å². The lowest BCUT2D eigenvalue weighted by molar-refractivity contribution is -0.199. The first-order valence-electron chi connectivity index (χ1n) is 11.9. The van der Waals surface area contributed by atoms with Crippen molar-refractivity contribution in [2.75, 3.05) is 6.54 Å². The Kier molecular flexibility index (Phi) is 6.65. The van der Waals surface area contributed by atoms with E-state index in [1.165, 1.54) is 6.42 Å². The highest BCUT2D eigenvalue weighted by Gasteiger charge is 2.68. The van der Waals surface area contributed by atoms with E-state index in [1.54, 1.807) is 12.1 Å². The monoisotopic (exact) mass is 503 g/mol. The van der Waals surface area contributed by atoms with Crippen molar-refractivity contribution >= 4 is 34.7 Å². The second-order valence-electron chi connectivity index (χ2n) is 11.1. The Morgan fingerprint density at radius 2 is 1.94 bits per heavy atom. The third-order valence-corrected chi connectivity index (χ3v) is 8.87. The molecule has 1 heterocycles. The molecule has 1 saturated heterocycles. The normalized spacial score (nSPS) is 31.1. The molecule has 4 fully saturated rings. The Balaban J connectivity index is 1.38. The summed E-state index contributed by atoms with van der Waals surface area (Å²) in [5.41, 5.74) is 0.554. The molecule has 1 amide bonds. The highest BCUT2D eigenvalue weighted by atomic mass is 79.9. The fourth-order valence-electron chi connectivity index (χ4n) is 6.28. The minimum atomic E-state index is -0.356. The van der Waals surface area contributed by atoms with Crippen LogP contribution in [0, 0.1) is 23.2 Å². The van der Waals surface area contributed by atoms with Crippen LogP contribution >= 0.6 is 15.9 Å². The summed E-state index contributed by atoms with van der Waals surface area (Å²) in [4.78, 5) is 25.3. The molecule has 174 valence electrons. The van der Waals surface area contributed by atoms with Crippen LogP contribution in [0.5, 0.6) is 0 Å². The number of hydrogen-bond acceptors (Lipinski definition) is 4. The molecule has 7 heteroatoms. The highest BCUT2D eigenvalue weighted by Crippen LogP contribution is 2.66. The molecule has 5 atom stereocenters. The molecule has 3 aliphatic carbocycles. The van der Waals surface area contributed by atoms with Gasteiger partial charge in [0.2, 0.25) is 0 Å². The molecular formula is C25H35BBrNO4. The number of amides is 1. The zero-order valence-electron chi connectivity index (χ0n) is 19.8. The second-order valence-corrected chi connectivity index (χ2v) is 12.0. The van der Waals surface area contributed by atoms with Crippen LogP contribution in [-0.2, 0) is 14.1 Å². The smallest absolute Gasteiger partial charge is 0.405 e. The van der Waals surface area contributed by atoms with Crippen LogP contribution in [0.25, 0.3) is 0 Å². The van der Waals surface area contributed by atoms with E-state index in [0.717, 1.165) is 12.8 Å². The second kappa shape index (κ2) is 8.88. The van der Waals surface area contributed by atoms with E-state index < -0.39 is 0 Å². The quantitative estimate of drug-likeness (QED) is 0.490. The molecule has 5 nitrogen and oxygen atoms in total. The van der Waals surface area contributed by atoms with Crippen LogP contribution in [0.2, 0.25) is 5.82 Å². The van der Waals surface area contributed by atoms with Crippen molar-refractivity contribution in [2.24, 2.45) is 23.2 Å². The van der Waals surface area contributed by atoms with Gasteiger partial charge in [0.05, 0.1) is 23.8 Å². The van der Waals surface area contributed by atoms with E-state index in [9.17, 15) is 9.59 Å². The lowest BCUT2D eigenvalue weighted by Gasteiger charge is -2.64. The molecule has 32 heavy (non-hydrogen) atoms. The molecule has 0 radical (unpaired) electrons. The Morgan fingerprint density at radius 3 is 2.59 bits per heavy atom. The Hall–Kier alpha value is -1.18. The zero-order valence-corrected chi connectivity index (χ0v) is 21.4. The molecule has 0 spiro atoms. The van der Waals surface area contributed by atoms with Crippen molar-refractivity contribution < 1.29 is 18.9 Å². The van der Waals surface area contributed by atoms with Crippen molar-refractivity contribution in [2.45, 2.75) is 77.8 Å². The number of hydrogen-bond donors (Lipinski definition) is 1. The maximum absolute atomic E-state index is 12.8. The van der Waals surface area contributed by atoms with Gasteiger partial charge in [-0.2, -0.15) is 0 Å². The van der Waals surface area contributed by atoms with Crippen LogP contribution in [0.15, 0.2) is 28.7 Å². The lowest BCUT2D eigenvalue weighted by Crippen LogP contribution is -2.65. The third-order valence-electron chi connectivity index (χ3n) is 8.18. The lowest BCUT2D eigenvalue weighted by atomic mass is 9.43. The first-order chi connectivity index (χ1) is 15.0. The Labute approximate surface area is 200 Å². The molecule has 1 N–H and O–H groups in total. The minimum absolute atomic E-state index is 0.00732. The third kappa shape index (κ3) is 4.33.